The quantitative estimate of drug-likeness (QED) is 0.902. The van der Waals surface area contributed by atoms with Gasteiger partial charge < -0.3 is 14.8 Å². The minimum Gasteiger partial charge on any atom is -0.479 e. The number of methoxy groups -OCH3 is 1. The van der Waals surface area contributed by atoms with Crippen molar-refractivity contribution in [2.24, 2.45) is 7.05 Å². The van der Waals surface area contributed by atoms with E-state index in [1.165, 1.54) is 18.2 Å². The van der Waals surface area contributed by atoms with E-state index in [0.29, 0.717) is 23.7 Å². The molecule has 8 heteroatoms. The smallest absolute Gasteiger partial charge is 0.262 e. The van der Waals surface area contributed by atoms with E-state index in [1.54, 1.807) is 30.3 Å². The largest absolute Gasteiger partial charge is 0.479 e. The predicted molar refractivity (Wildman–Crippen MR) is 83.5 cm³/mol. The Kier molecular flexibility index (Phi) is 4.61. The molecule has 23 heavy (non-hydrogen) atoms. The monoisotopic (exact) mass is 319 g/mol. The van der Waals surface area contributed by atoms with E-state index in [0.717, 1.165) is 19.4 Å². The van der Waals surface area contributed by atoms with Gasteiger partial charge in [0.2, 0.25) is 5.88 Å². The number of carbonyl (C=O) groups excluding carboxylic acids is 1. The van der Waals surface area contributed by atoms with Gasteiger partial charge in [-0.05, 0) is 19.3 Å². The van der Waals surface area contributed by atoms with Gasteiger partial charge in [0.15, 0.2) is 0 Å². The van der Waals surface area contributed by atoms with Gasteiger partial charge in [-0.2, -0.15) is 5.10 Å². The van der Waals surface area contributed by atoms with Crippen LogP contribution in [-0.2, 0) is 18.3 Å². The highest BCUT2D eigenvalue weighted by molar-refractivity contribution is 6.05. The molecule has 1 N–H and O–H groups in total. The summed E-state index contributed by atoms with van der Waals surface area (Å²) >= 11 is 0. The Hall–Kier alpha value is -2.35. The SMILES string of the molecule is COc1nn(C)cc1C(=O)Nc1cnn(C[C@H]2CCCCO2)c1. The molecule has 0 saturated carbocycles. The van der Waals surface area contributed by atoms with Gasteiger partial charge >= 0.3 is 0 Å². The molecular weight excluding hydrogens is 298 g/mol. The van der Waals surface area contributed by atoms with Crippen LogP contribution in [0.2, 0.25) is 0 Å². The Bertz CT molecular complexity index is 672. The molecule has 2 aromatic rings. The summed E-state index contributed by atoms with van der Waals surface area (Å²) in [4.78, 5) is 12.3. The highest BCUT2D eigenvalue weighted by Crippen LogP contribution is 2.18. The molecule has 0 unspecified atom stereocenters. The third-order valence-corrected chi connectivity index (χ3v) is 3.79. The number of carbonyl (C=O) groups is 1. The molecule has 1 aliphatic heterocycles. The Balaban J connectivity index is 1.62. The molecular formula is C15H21N5O3. The van der Waals surface area contributed by atoms with Crippen molar-refractivity contribution in [3.05, 3.63) is 24.2 Å². The predicted octanol–water partition coefficient (Wildman–Crippen LogP) is 1.45. The van der Waals surface area contributed by atoms with Crippen molar-refractivity contribution in [2.75, 3.05) is 19.0 Å². The molecule has 0 bridgehead atoms. The van der Waals surface area contributed by atoms with Gasteiger partial charge in [0, 0.05) is 26.0 Å². The second-order valence-corrected chi connectivity index (χ2v) is 5.62. The highest BCUT2D eigenvalue weighted by atomic mass is 16.5. The normalized spacial score (nSPS) is 17.9. The van der Waals surface area contributed by atoms with Crippen LogP contribution in [0.15, 0.2) is 18.6 Å². The second-order valence-electron chi connectivity index (χ2n) is 5.62. The van der Waals surface area contributed by atoms with E-state index in [1.807, 2.05) is 0 Å². The van der Waals surface area contributed by atoms with Gasteiger partial charge in [0.05, 0.1) is 31.6 Å². The van der Waals surface area contributed by atoms with Crippen LogP contribution in [0.5, 0.6) is 5.88 Å². The van der Waals surface area contributed by atoms with Crippen molar-refractivity contribution in [1.82, 2.24) is 19.6 Å². The molecule has 1 fully saturated rings. The molecule has 3 heterocycles. The van der Waals surface area contributed by atoms with Crippen LogP contribution in [0.1, 0.15) is 29.6 Å². The number of nitrogens with zero attached hydrogens (tertiary/aromatic N) is 4. The van der Waals surface area contributed by atoms with Crippen LogP contribution in [0.3, 0.4) is 0 Å². The number of aryl methyl sites for hydroxylation is 1. The van der Waals surface area contributed by atoms with Crippen LogP contribution in [-0.4, -0.2) is 45.3 Å². The van der Waals surface area contributed by atoms with E-state index in [2.05, 4.69) is 15.5 Å². The second kappa shape index (κ2) is 6.82. The average molecular weight is 319 g/mol. The van der Waals surface area contributed by atoms with Gasteiger partial charge in [0.1, 0.15) is 5.56 Å². The molecule has 0 spiro atoms. The summed E-state index contributed by atoms with van der Waals surface area (Å²) in [6.45, 7) is 1.52. The van der Waals surface area contributed by atoms with E-state index in [9.17, 15) is 4.79 Å². The van der Waals surface area contributed by atoms with Crippen molar-refractivity contribution in [3.63, 3.8) is 0 Å². The molecule has 1 saturated heterocycles. The minimum atomic E-state index is -0.275. The standard InChI is InChI=1S/C15H21N5O3/c1-19-10-13(15(18-19)22-2)14(21)17-11-7-16-20(8-11)9-12-5-3-4-6-23-12/h7-8,10,12H,3-6,9H2,1-2H3,(H,17,21)/t12-/m1/s1. The third kappa shape index (κ3) is 3.70. The number of rotatable bonds is 5. The van der Waals surface area contributed by atoms with Crippen LogP contribution in [0, 0.1) is 0 Å². The lowest BCUT2D eigenvalue weighted by molar-refractivity contribution is 0.00401. The lowest BCUT2D eigenvalue weighted by Crippen LogP contribution is -2.24. The maximum atomic E-state index is 12.3. The lowest BCUT2D eigenvalue weighted by Gasteiger charge is -2.22. The van der Waals surface area contributed by atoms with Crippen molar-refractivity contribution in [2.45, 2.75) is 31.9 Å². The fraction of sp³-hybridized carbons (Fsp3) is 0.533. The molecule has 8 nitrogen and oxygen atoms in total. The molecule has 0 radical (unpaired) electrons. The maximum absolute atomic E-state index is 12.3. The van der Waals surface area contributed by atoms with Gasteiger partial charge in [-0.15, -0.1) is 5.10 Å². The first-order valence-electron chi connectivity index (χ1n) is 7.69. The maximum Gasteiger partial charge on any atom is 0.262 e. The number of anilines is 1. The number of aromatic nitrogens is 4. The zero-order valence-corrected chi connectivity index (χ0v) is 13.4. The molecule has 124 valence electrons. The minimum absolute atomic E-state index is 0.200. The summed E-state index contributed by atoms with van der Waals surface area (Å²) in [5.74, 6) is 0.0245. The van der Waals surface area contributed by atoms with Crippen LogP contribution in [0.25, 0.3) is 0 Å². The van der Waals surface area contributed by atoms with Crippen molar-refractivity contribution in [3.8, 4) is 5.88 Å². The molecule has 3 rings (SSSR count). The molecule has 0 aliphatic carbocycles. The summed E-state index contributed by atoms with van der Waals surface area (Å²) in [5, 5.41) is 11.2. The van der Waals surface area contributed by atoms with E-state index in [4.69, 9.17) is 9.47 Å². The molecule has 1 amide bonds. The van der Waals surface area contributed by atoms with Crippen LogP contribution >= 0.6 is 0 Å². The number of amides is 1. The molecule has 2 aromatic heterocycles. The summed E-state index contributed by atoms with van der Waals surface area (Å²) in [6, 6.07) is 0. The lowest BCUT2D eigenvalue weighted by atomic mass is 10.1. The number of ether oxygens (including phenoxy) is 2. The summed E-state index contributed by atoms with van der Waals surface area (Å²) in [5.41, 5.74) is 1.02. The Morgan fingerprint density at radius 1 is 1.48 bits per heavy atom. The van der Waals surface area contributed by atoms with E-state index in [-0.39, 0.29) is 12.0 Å². The van der Waals surface area contributed by atoms with Crippen molar-refractivity contribution in [1.29, 1.82) is 0 Å². The third-order valence-electron chi connectivity index (χ3n) is 3.79. The zero-order valence-electron chi connectivity index (χ0n) is 13.4. The molecule has 0 aromatic carbocycles. The number of hydrogen-bond acceptors (Lipinski definition) is 5. The number of nitrogens with one attached hydrogen (secondary N) is 1. The summed E-state index contributed by atoms with van der Waals surface area (Å²) in [7, 11) is 3.23. The fourth-order valence-electron chi connectivity index (χ4n) is 2.66. The topological polar surface area (TPSA) is 83.2 Å². The van der Waals surface area contributed by atoms with Crippen LogP contribution in [0.4, 0.5) is 5.69 Å². The van der Waals surface area contributed by atoms with Crippen molar-refractivity contribution >= 4 is 11.6 Å². The van der Waals surface area contributed by atoms with Gasteiger partial charge in [-0.1, -0.05) is 0 Å². The first-order chi connectivity index (χ1) is 11.2. The Labute approximate surface area is 134 Å². The summed E-state index contributed by atoms with van der Waals surface area (Å²) in [6.07, 6.45) is 8.62. The highest BCUT2D eigenvalue weighted by Gasteiger charge is 2.18. The van der Waals surface area contributed by atoms with Crippen molar-refractivity contribution < 1.29 is 14.3 Å². The fourth-order valence-corrected chi connectivity index (χ4v) is 2.66. The number of hydrogen-bond donors (Lipinski definition) is 1. The molecule has 1 aliphatic rings. The summed E-state index contributed by atoms with van der Waals surface area (Å²) < 4.78 is 14.1. The van der Waals surface area contributed by atoms with E-state index < -0.39 is 0 Å². The van der Waals surface area contributed by atoms with Gasteiger partial charge in [-0.25, -0.2) is 0 Å². The molecule has 1 atom stereocenters. The van der Waals surface area contributed by atoms with Gasteiger partial charge in [0.25, 0.3) is 5.91 Å². The van der Waals surface area contributed by atoms with Gasteiger partial charge in [-0.3, -0.25) is 14.2 Å². The Morgan fingerprint density at radius 3 is 3.09 bits per heavy atom. The first kappa shape index (κ1) is 15.5. The first-order valence-corrected chi connectivity index (χ1v) is 7.69. The van der Waals surface area contributed by atoms with E-state index >= 15 is 0 Å². The Morgan fingerprint density at radius 2 is 2.35 bits per heavy atom. The van der Waals surface area contributed by atoms with Crippen LogP contribution < -0.4 is 10.1 Å². The zero-order chi connectivity index (χ0) is 16.2. The average Bonchev–Trinajstić information content (AvgIpc) is 3.14.